The van der Waals surface area contributed by atoms with Gasteiger partial charge < -0.3 is 5.11 Å². The molecule has 1 N–H and O–H groups in total. The van der Waals surface area contributed by atoms with Crippen molar-refractivity contribution in [1.29, 1.82) is 0 Å². The topological polar surface area (TPSA) is 84.3 Å². The number of hydrogen-bond acceptors (Lipinski definition) is 5. The maximum absolute atomic E-state index is 11.5. The van der Waals surface area contributed by atoms with E-state index in [-0.39, 0.29) is 17.1 Å². The van der Waals surface area contributed by atoms with Crippen molar-refractivity contribution in [2.24, 2.45) is 0 Å². The molecule has 0 atom stereocenters. The van der Waals surface area contributed by atoms with Crippen molar-refractivity contribution in [2.45, 2.75) is 18.4 Å². The fourth-order valence-electron chi connectivity index (χ4n) is 1.31. The Labute approximate surface area is 111 Å². The predicted molar refractivity (Wildman–Crippen MR) is 70.9 cm³/mol. The van der Waals surface area contributed by atoms with E-state index in [4.69, 9.17) is 5.11 Å². The van der Waals surface area contributed by atoms with Crippen LogP contribution in [0.4, 0.5) is 0 Å². The van der Waals surface area contributed by atoms with Gasteiger partial charge in [0.2, 0.25) is 0 Å². The van der Waals surface area contributed by atoms with Crippen molar-refractivity contribution < 1.29 is 18.3 Å². The van der Waals surface area contributed by atoms with Crippen LogP contribution in [0.25, 0.3) is 0 Å². The van der Waals surface area contributed by atoms with Crippen LogP contribution in [0.2, 0.25) is 0 Å². The molecule has 0 bridgehead atoms. The third-order valence-corrected chi connectivity index (χ3v) is 5.18. The van der Waals surface area contributed by atoms with E-state index in [9.17, 15) is 13.2 Å². The van der Waals surface area contributed by atoms with E-state index in [1.165, 1.54) is 30.1 Å². The summed E-state index contributed by atoms with van der Waals surface area (Å²) in [6.45, 7) is 1.82. The minimum atomic E-state index is -2.99. The summed E-state index contributed by atoms with van der Waals surface area (Å²) >= 11 is 1.25. The van der Waals surface area contributed by atoms with Gasteiger partial charge in [-0.05, 0) is 18.6 Å². The van der Waals surface area contributed by atoms with Crippen LogP contribution in [0.15, 0.2) is 23.4 Å². The minimum Gasteiger partial charge on any atom is -0.478 e. The number of carboxylic acids is 1. The molecule has 1 aromatic heterocycles. The average Bonchev–Trinajstić information content (AvgIpc) is 2.29. The monoisotopic (exact) mass is 289 g/mol. The Morgan fingerprint density at radius 2 is 2.17 bits per heavy atom. The molecule has 0 spiro atoms. The number of hydrogen-bond donors (Lipinski definition) is 1. The zero-order valence-corrected chi connectivity index (χ0v) is 11.6. The summed E-state index contributed by atoms with van der Waals surface area (Å²) in [6, 6.07) is 2.85. The molecular weight excluding hydrogens is 274 g/mol. The van der Waals surface area contributed by atoms with Crippen LogP contribution in [0.5, 0.6) is 0 Å². The molecule has 0 saturated heterocycles. The van der Waals surface area contributed by atoms with Crippen LogP contribution < -0.4 is 0 Å². The molecule has 5 nitrogen and oxygen atoms in total. The van der Waals surface area contributed by atoms with Gasteiger partial charge in [-0.3, -0.25) is 0 Å². The zero-order valence-electron chi connectivity index (χ0n) is 10.00. The van der Waals surface area contributed by atoms with Gasteiger partial charge in [0.05, 0.1) is 16.3 Å². The molecule has 18 heavy (non-hydrogen) atoms. The molecule has 0 fully saturated rings. The van der Waals surface area contributed by atoms with Gasteiger partial charge in [0.25, 0.3) is 0 Å². The van der Waals surface area contributed by atoms with Crippen LogP contribution in [-0.2, 0) is 9.84 Å². The molecule has 1 rings (SSSR count). The lowest BCUT2D eigenvalue weighted by Crippen LogP contribution is -2.12. The lowest BCUT2D eigenvalue weighted by atomic mass is 10.3. The number of pyridine rings is 1. The van der Waals surface area contributed by atoms with Crippen molar-refractivity contribution in [3.05, 3.63) is 23.9 Å². The second kappa shape index (κ2) is 6.75. The maximum Gasteiger partial charge on any atom is 0.335 e. The molecule has 0 aliphatic heterocycles. The van der Waals surface area contributed by atoms with E-state index in [1.54, 1.807) is 0 Å². The fraction of sp³-hybridized carbons (Fsp3) is 0.455. The van der Waals surface area contributed by atoms with Crippen molar-refractivity contribution in [2.75, 3.05) is 17.3 Å². The van der Waals surface area contributed by atoms with Crippen molar-refractivity contribution >= 4 is 27.6 Å². The standard InChI is InChI=1S/C11H15NO4S2/c1-2-6-18(15,16)7-5-17-10-8-9(11(13)14)3-4-12-10/h3-4,8H,2,5-7H2,1H3,(H,13,14). The Balaban J connectivity index is 2.54. The first-order chi connectivity index (χ1) is 8.44. The third kappa shape index (κ3) is 5.05. The van der Waals surface area contributed by atoms with Gasteiger partial charge in [0, 0.05) is 17.7 Å². The van der Waals surface area contributed by atoms with E-state index in [0.717, 1.165) is 0 Å². The minimum absolute atomic E-state index is 0.0878. The number of carboxylic acid groups (broad SMARTS) is 1. The Morgan fingerprint density at radius 3 is 2.78 bits per heavy atom. The van der Waals surface area contributed by atoms with Crippen LogP contribution in [-0.4, -0.2) is 41.7 Å². The van der Waals surface area contributed by atoms with Gasteiger partial charge in [-0.15, -0.1) is 11.8 Å². The van der Waals surface area contributed by atoms with Gasteiger partial charge in [-0.1, -0.05) is 6.92 Å². The SMILES string of the molecule is CCCS(=O)(=O)CCSc1cc(C(=O)O)ccn1. The van der Waals surface area contributed by atoms with Crippen LogP contribution >= 0.6 is 11.8 Å². The number of rotatable bonds is 7. The van der Waals surface area contributed by atoms with Crippen molar-refractivity contribution in [3.8, 4) is 0 Å². The summed E-state index contributed by atoms with van der Waals surface area (Å²) in [5, 5.41) is 9.33. The highest BCUT2D eigenvalue weighted by atomic mass is 32.2. The first-order valence-corrected chi connectivity index (χ1v) is 8.28. The average molecular weight is 289 g/mol. The van der Waals surface area contributed by atoms with Crippen LogP contribution in [0.3, 0.4) is 0 Å². The number of aromatic nitrogens is 1. The molecule has 1 aromatic rings. The summed E-state index contributed by atoms with van der Waals surface area (Å²) in [7, 11) is -2.99. The summed E-state index contributed by atoms with van der Waals surface area (Å²) < 4.78 is 22.9. The molecule has 0 unspecified atom stereocenters. The summed E-state index contributed by atoms with van der Waals surface area (Å²) in [4.78, 5) is 14.7. The van der Waals surface area contributed by atoms with E-state index < -0.39 is 15.8 Å². The Hall–Kier alpha value is -1.08. The Morgan fingerprint density at radius 1 is 1.44 bits per heavy atom. The highest BCUT2D eigenvalue weighted by Gasteiger charge is 2.10. The lowest BCUT2D eigenvalue weighted by molar-refractivity contribution is 0.0696. The third-order valence-electron chi connectivity index (χ3n) is 2.14. The first kappa shape index (κ1) is 15.0. The second-order valence-corrected chi connectivity index (χ2v) is 7.11. The number of carbonyl (C=O) groups is 1. The summed E-state index contributed by atoms with van der Waals surface area (Å²) in [6.07, 6.45) is 2.02. The summed E-state index contributed by atoms with van der Waals surface area (Å²) in [5.74, 6) is -0.350. The van der Waals surface area contributed by atoms with E-state index in [2.05, 4.69) is 4.98 Å². The molecule has 1 heterocycles. The molecule has 0 amide bonds. The van der Waals surface area contributed by atoms with Gasteiger partial charge in [-0.25, -0.2) is 18.2 Å². The van der Waals surface area contributed by atoms with E-state index in [0.29, 0.717) is 17.2 Å². The van der Waals surface area contributed by atoms with E-state index in [1.807, 2.05) is 6.92 Å². The Kier molecular flexibility index (Phi) is 5.61. The van der Waals surface area contributed by atoms with Crippen LogP contribution in [0.1, 0.15) is 23.7 Å². The Bertz CT molecular complexity index is 514. The van der Waals surface area contributed by atoms with Gasteiger partial charge >= 0.3 is 5.97 Å². The molecule has 0 aliphatic carbocycles. The van der Waals surface area contributed by atoms with E-state index >= 15 is 0 Å². The highest BCUT2D eigenvalue weighted by Crippen LogP contribution is 2.16. The molecule has 0 radical (unpaired) electrons. The zero-order chi connectivity index (χ0) is 13.6. The van der Waals surface area contributed by atoms with Crippen molar-refractivity contribution in [3.63, 3.8) is 0 Å². The normalized spacial score (nSPS) is 11.4. The number of sulfone groups is 1. The molecular formula is C11H15NO4S2. The number of aromatic carboxylic acids is 1. The molecule has 0 aromatic carbocycles. The quantitative estimate of drug-likeness (QED) is 0.769. The maximum atomic E-state index is 11.5. The molecule has 0 aliphatic rings. The largest absolute Gasteiger partial charge is 0.478 e. The smallest absolute Gasteiger partial charge is 0.335 e. The summed E-state index contributed by atoms with van der Waals surface area (Å²) in [5.41, 5.74) is 0.156. The number of nitrogens with zero attached hydrogens (tertiary/aromatic N) is 1. The predicted octanol–water partition coefficient (Wildman–Crippen LogP) is 1.70. The van der Waals surface area contributed by atoms with Crippen molar-refractivity contribution in [1.82, 2.24) is 4.98 Å². The lowest BCUT2D eigenvalue weighted by Gasteiger charge is -2.03. The highest BCUT2D eigenvalue weighted by molar-refractivity contribution is 8.00. The number of thioether (sulfide) groups is 1. The first-order valence-electron chi connectivity index (χ1n) is 5.47. The van der Waals surface area contributed by atoms with Gasteiger partial charge in [0.15, 0.2) is 9.84 Å². The van der Waals surface area contributed by atoms with Gasteiger partial charge in [0.1, 0.15) is 0 Å². The molecule has 0 saturated carbocycles. The molecule has 100 valence electrons. The van der Waals surface area contributed by atoms with Crippen LogP contribution in [0, 0.1) is 0 Å². The fourth-order valence-corrected chi connectivity index (χ4v) is 4.04. The second-order valence-electron chi connectivity index (χ2n) is 3.69. The molecule has 7 heteroatoms. The van der Waals surface area contributed by atoms with Gasteiger partial charge in [-0.2, -0.15) is 0 Å².